The van der Waals surface area contributed by atoms with Crippen molar-refractivity contribution in [1.82, 2.24) is 20.1 Å². The minimum atomic E-state index is -1.14. The molecule has 146 valence electrons. The number of benzene rings is 1. The smallest absolute Gasteiger partial charge is 0.305 e. The van der Waals surface area contributed by atoms with Crippen molar-refractivity contribution in [3.05, 3.63) is 41.7 Å². The number of methoxy groups -OCH3 is 1. The largest absolute Gasteiger partial charge is 0.481 e. The number of carboxylic acids is 1. The van der Waals surface area contributed by atoms with E-state index in [9.17, 15) is 14.0 Å². The molecule has 0 aliphatic heterocycles. The van der Waals surface area contributed by atoms with Crippen LogP contribution in [0, 0.1) is 5.82 Å². The van der Waals surface area contributed by atoms with E-state index in [1.54, 1.807) is 19.1 Å². The molecule has 1 atom stereocenters. The molecule has 0 fully saturated rings. The van der Waals surface area contributed by atoms with Gasteiger partial charge in [0.25, 0.3) is 5.91 Å². The molecule has 0 radical (unpaired) electrons. The van der Waals surface area contributed by atoms with E-state index in [4.69, 9.17) is 9.84 Å². The zero-order valence-corrected chi connectivity index (χ0v) is 15.7. The second-order valence-electron chi connectivity index (χ2n) is 6.83. The molecular weight excluding hydrogens is 355 g/mol. The topological polar surface area (TPSA) is 106 Å². The van der Waals surface area contributed by atoms with Crippen LogP contribution >= 0.6 is 0 Å². The molecule has 1 aromatic carbocycles. The first-order valence-corrected chi connectivity index (χ1v) is 8.42. The second kappa shape index (κ2) is 8.26. The number of nitrogens with zero attached hydrogens (tertiary/aromatic N) is 3. The minimum Gasteiger partial charge on any atom is -0.481 e. The fraction of sp³-hybridized carbons (Fsp3) is 0.444. The molecule has 8 nitrogen and oxygen atoms in total. The minimum absolute atomic E-state index is 0.00387. The number of hydrogen-bond donors (Lipinski definition) is 2. The molecule has 27 heavy (non-hydrogen) atoms. The lowest BCUT2D eigenvalue weighted by atomic mass is 9.99. The second-order valence-corrected chi connectivity index (χ2v) is 6.83. The van der Waals surface area contributed by atoms with Gasteiger partial charge >= 0.3 is 5.97 Å². The van der Waals surface area contributed by atoms with Gasteiger partial charge in [-0.2, -0.15) is 0 Å². The molecule has 0 saturated heterocycles. The van der Waals surface area contributed by atoms with Crippen LogP contribution in [-0.2, 0) is 9.53 Å². The van der Waals surface area contributed by atoms with Crippen LogP contribution in [0.3, 0.4) is 0 Å². The van der Waals surface area contributed by atoms with Crippen molar-refractivity contribution in [1.29, 1.82) is 0 Å². The van der Waals surface area contributed by atoms with Gasteiger partial charge < -0.3 is 15.2 Å². The fourth-order valence-corrected chi connectivity index (χ4v) is 2.71. The highest BCUT2D eigenvalue weighted by molar-refractivity contribution is 5.91. The van der Waals surface area contributed by atoms with Crippen LogP contribution in [0.5, 0.6) is 0 Å². The molecule has 0 aliphatic rings. The van der Waals surface area contributed by atoms with Crippen molar-refractivity contribution in [2.24, 2.45) is 0 Å². The van der Waals surface area contributed by atoms with Gasteiger partial charge in [-0.1, -0.05) is 26.0 Å². The van der Waals surface area contributed by atoms with E-state index in [0.29, 0.717) is 5.82 Å². The number of nitrogens with one attached hydrogen (secondary N) is 1. The fourth-order valence-electron chi connectivity index (χ4n) is 2.71. The van der Waals surface area contributed by atoms with Crippen LogP contribution in [0.4, 0.5) is 4.39 Å². The van der Waals surface area contributed by atoms with Crippen molar-refractivity contribution < 1.29 is 23.8 Å². The molecule has 0 spiro atoms. The maximum atomic E-state index is 14.2. The summed E-state index contributed by atoms with van der Waals surface area (Å²) in [5.41, 5.74) is -0.961. The predicted octanol–water partition coefficient (Wildman–Crippen LogP) is 2.14. The number of para-hydroxylation sites is 1. The lowest BCUT2D eigenvalue weighted by molar-refractivity contribution is -0.139. The predicted molar refractivity (Wildman–Crippen MR) is 95.4 cm³/mol. The van der Waals surface area contributed by atoms with Crippen molar-refractivity contribution in [2.75, 3.05) is 13.7 Å². The maximum absolute atomic E-state index is 14.2. The number of carbonyl (C=O) groups is 2. The van der Waals surface area contributed by atoms with E-state index in [2.05, 4.69) is 15.4 Å². The van der Waals surface area contributed by atoms with Gasteiger partial charge in [-0.05, 0) is 19.1 Å². The Morgan fingerprint density at radius 1 is 1.37 bits per heavy atom. The van der Waals surface area contributed by atoms with Gasteiger partial charge in [0.05, 0.1) is 18.6 Å². The average molecular weight is 378 g/mol. The summed E-state index contributed by atoms with van der Waals surface area (Å²) >= 11 is 0. The van der Waals surface area contributed by atoms with Gasteiger partial charge in [0.2, 0.25) is 5.82 Å². The molecule has 2 aromatic rings. The molecule has 2 N–H and O–H groups in total. The van der Waals surface area contributed by atoms with E-state index in [0.717, 1.165) is 0 Å². The monoisotopic (exact) mass is 378 g/mol. The average Bonchev–Trinajstić information content (AvgIpc) is 3.00. The summed E-state index contributed by atoms with van der Waals surface area (Å²) in [7, 11) is 1.41. The third-order valence-electron chi connectivity index (χ3n) is 3.85. The number of ether oxygens (including phenoxy) is 1. The summed E-state index contributed by atoms with van der Waals surface area (Å²) in [6.45, 7) is 5.25. The van der Waals surface area contributed by atoms with Crippen LogP contribution in [0.1, 0.15) is 49.6 Å². The molecule has 0 bridgehead atoms. The van der Waals surface area contributed by atoms with E-state index < -0.39 is 23.2 Å². The zero-order chi connectivity index (χ0) is 20.2. The number of halogens is 1. The molecule has 2 rings (SSSR count). The van der Waals surface area contributed by atoms with Crippen LogP contribution < -0.4 is 5.32 Å². The number of aliphatic carboxylic acids is 1. The van der Waals surface area contributed by atoms with Crippen molar-refractivity contribution in [3.63, 3.8) is 0 Å². The van der Waals surface area contributed by atoms with E-state index in [-0.39, 0.29) is 30.5 Å². The molecule has 1 aromatic heterocycles. The van der Waals surface area contributed by atoms with Crippen molar-refractivity contribution in [2.45, 2.75) is 38.6 Å². The Morgan fingerprint density at radius 3 is 2.59 bits per heavy atom. The molecular formula is C18H23FN4O4. The first-order valence-electron chi connectivity index (χ1n) is 8.42. The number of amides is 1. The van der Waals surface area contributed by atoms with E-state index in [1.807, 2.05) is 13.8 Å². The first-order chi connectivity index (χ1) is 12.7. The van der Waals surface area contributed by atoms with E-state index in [1.165, 1.54) is 23.9 Å². The summed E-state index contributed by atoms with van der Waals surface area (Å²) in [6.07, 6.45) is -0.336. The van der Waals surface area contributed by atoms with Crippen molar-refractivity contribution >= 4 is 11.9 Å². The van der Waals surface area contributed by atoms with Gasteiger partial charge in [0.15, 0.2) is 0 Å². The summed E-state index contributed by atoms with van der Waals surface area (Å²) < 4.78 is 20.5. The number of carbonyl (C=O) groups excluding carboxylic acids is 1. The molecule has 9 heteroatoms. The Kier molecular flexibility index (Phi) is 6.27. The van der Waals surface area contributed by atoms with Gasteiger partial charge in [-0.15, -0.1) is 5.10 Å². The Labute approximate surface area is 156 Å². The quantitative estimate of drug-likeness (QED) is 0.729. The van der Waals surface area contributed by atoms with Crippen LogP contribution in [0.2, 0.25) is 0 Å². The Balaban J connectivity index is 2.38. The summed E-state index contributed by atoms with van der Waals surface area (Å²) in [5, 5.41) is 15.8. The highest BCUT2D eigenvalue weighted by Gasteiger charge is 2.32. The Hall–Kier alpha value is -2.81. The van der Waals surface area contributed by atoms with Gasteiger partial charge in [0.1, 0.15) is 17.3 Å². The van der Waals surface area contributed by atoms with Crippen LogP contribution in [0.25, 0.3) is 5.69 Å². The molecule has 0 saturated carbocycles. The normalized spacial score (nSPS) is 13.4. The lowest BCUT2D eigenvalue weighted by Gasteiger charge is -2.27. The lowest BCUT2D eigenvalue weighted by Crippen LogP contribution is -2.51. The van der Waals surface area contributed by atoms with Gasteiger partial charge in [-0.25, -0.2) is 14.1 Å². The summed E-state index contributed by atoms with van der Waals surface area (Å²) in [5.74, 6) is -2.11. The summed E-state index contributed by atoms with van der Waals surface area (Å²) in [6, 6.07) is 6.05. The standard InChI is InChI=1S/C18H23FN4O4/c1-11(2)16-20-15(22-23(16)13-8-6-5-7-12(13)19)17(26)21-18(3,10-27-4)9-14(24)25/h5-8,11H,9-10H2,1-4H3,(H,21,26)(H,24,25). The maximum Gasteiger partial charge on any atom is 0.305 e. The number of hydrogen-bond acceptors (Lipinski definition) is 5. The van der Waals surface area contributed by atoms with Crippen molar-refractivity contribution in [3.8, 4) is 5.69 Å². The number of aromatic nitrogens is 3. The van der Waals surface area contributed by atoms with E-state index >= 15 is 0 Å². The van der Waals surface area contributed by atoms with Crippen LogP contribution in [-0.4, -0.2) is 51.0 Å². The first kappa shape index (κ1) is 20.5. The van der Waals surface area contributed by atoms with Gasteiger partial charge in [0, 0.05) is 13.0 Å². The summed E-state index contributed by atoms with van der Waals surface area (Å²) in [4.78, 5) is 28.0. The molecule has 1 unspecified atom stereocenters. The third kappa shape index (κ3) is 4.88. The molecule has 1 amide bonds. The van der Waals surface area contributed by atoms with Crippen LogP contribution in [0.15, 0.2) is 24.3 Å². The number of carboxylic acid groups (broad SMARTS) is 1. The molecule has 1 heterocycles. The highest BCUT2D eigenvalue weighted by Crippen LogP contribution is 2.20. The van der Waals surface area contributed by atoms with Gasteiger partial charge in [-0.3, -0.25) is 9.59 Å². The zero-order valence-electron chi connectivity index (χ0n) is 15.7. The Morgan fingerprint density at radius 2 is 2.04 bits per heavy atom. The highest BCUT2D eigenvalue weighted by atomic mass is 19.1. The Bertz CT molecular complexity index is 837. The SMILES string of the molecule is COCC(C)(CC(=O)O)NC(=O)c1nc(C(C)C)n(-c2ccccc2F)n1. The molecule has 0 aliphatic carbocycles. The number of rotatable bonds is 8. The third-order valence-corrected chi connectivity index (χ3v) is 3.85.